The average Bonchev–Trinajstić information content (AvgIpc) is 3.27. The van der Waals surface area contributed by atoms with Crippen LogP contribution in [0.3, 0.4) is 0 Å². The predicted molar refractivity (Wildman–Crippen MR) is 87.2 cm³/mol. The van der Waals surface area contributed by atoms with Gasteiger partial charge in [-0.05, 0) is 12.1 Å². The van der Waals surface area contributed by atoms with Gasteiger partial charge in [0.1, 0.15) is 11.5 Å². The molecule has 1 aliphatic heterocycles. The number of fused-ring (bicyclic) bond motifs is 1. The number of carbonyl (C=O) groups is 2. The van der Waals surface area contributed by atoms with Crippen molar-refractivity contribution in [3.63, 3.8) is 0 Å². The fraction of sp³-hybridized carbons (Fsp3) is 0.105. The number of rotatable bonds is 4. The van der Waals surface area contributed by atoms with E-state index < -0.39 is 52.2 Å². The lowest BCUT2D eigenvalue weighted by Crippen LogP contribution is -2.31. The fourth-order valence-electron chi connectivity index (χ4n) is 3.04. The Bertz CT molecular complexity index is 1110. The van der Waals surface area contributed by atoms with E-state index in [1.807, 2.05) is 0 Å². The first-order valence-electron chi connectivity index (χ1n) is 8.24. The summed E-state index contributed by atoms with van der Waals surface area (Å²) in [5.74, 6) is -11.6. The van der Waals surface area contributed by atoms with Gasteiger partial charge in [0.15, 0.2) is 23.3 Å². The van der Waals surface area contributed by atoms with Crippen molar-refractivity contribution in [1.29, 1.82) is 0 Å². The van der Waals surface area contributed by atoms with Crippen molar-refractivity contribution in [2.24, 2.45) is 0 Å². The van der Waals surface area contributed by atoms with E-state index in [0.29, 0.717) is 0 Å². The third-order valence-electron chi connectivity index (χ3n) is 4.48. The van der Waals surface area contributed by atoms with Crippen molar-refractivity contribution < 1.29 is 36.1 Å². The van der Waals surface area contributed by atoms with Crippen LogP contribution in [0.2, 0.25) is 0 Å². The molecule has 10 heteroatoms. The van der Waals surface area contributed by atoms with Gasteiger partial charge in [0.25, 0.3) is 11.8 Å². The van der Waals surface area contributed by atoms with Gasteiger partial charge in [-0.15, -0.1) is 0 Å². The Morgan fingerprint density at radius 2 is 1.34 bits per heavy atom. The second-order valence-corrected chi connectivity index (χ2v) is 6.18. The number of amides is 2. The number of halogens is 5. The molecule has 3 aromatic rings. The molecule has 1 aromatic heterocycles. The second kappa shape index (κ2) is 6.80. The zero-order valence-electron chi connectivity index (χ0n) is 14.3. The van der Waals surface area contributed by atoms with Gasteiger partial charge in [-0.25, -0.2) is 22.0 Å². The highest BCUT2D eigenvalue weighted by Gasteiger charge is 2.35. The summed E-state index contributed by atoms with van der Waals surface area (Å²) in [7, 11) is 0. The topological polar surface area (TPSA) is 63.4 Å². The molecule has 29 heavy (non-hydrogen) atoms. The zero-order valence-corrected chi connectivity index (χ0v) is 14.3. The molecule has 2 heterocycles. The average molecular weight is 408 g/mol. The summed E-state index contributed by atoms with van der Waals surface area (Å²) in [6.45, 7) is -0.127. The van der Waals surface area contributed by atoms with Crippen LogP contribution in [0.25, 0.3) is 11.3 Å². The van der Waals surface area contributed by atoms with Gasteiger partial charge in [0, 0.05) is 19.0 Å². The van der Waals surface area contributed by atoms with E-state index in [4.69, 9.17) is 4.52 Å². The maximum absolute atomic E-state index is 13.9. The number of aromatic nitrogens is 1. The smallest absolute Gasteiger partial charge is 0.261 e. The molecule has 1 aliphatic rings. The molecule has 4 rings (SSSR count). The highest BCUT2D eigenvalue weighted by atomic mass is 19.2. The van der Waals surface area contributed by atoms with E-state index in [2.05, 4.69) is 5.16 Å². The van der Waals surface area contributed by atoms with Crippen LogP contribution in [0.1, 0.15) is 26.5 Å². The van der Waals surface area contributed by atoms with Gasteiger partial charge in [0.2, 0.25) is 5.82 Å². The van der Waals surface area contributed by atoms with Gasteiger partial charge < -0.3 is 4.52 Å². The Morgan fingerprint density at radius 3 is 1.90 bits per heavy atom. The Labute approximate surface area is 159 Å². The molecular formula is C19H9F5N2O3. The quantitative estimate of drug-likeness (QED) is 0.285. The largest absolute Gasteiger partial charge is 0.361 e. The lowest BCUT2D eigenvalue weighted by atomic mass is 10.1. The van der Waals surface area contributed by atoms with Crippen LogP contribution in [0.4, 0.5) is 22.0 Å². The SMILES string of the molecule is O=C1c2ccccc2C(=O)N1CCc1cc(-c2c(F)c(F)c(F)c(F)c2F)no1. The molecule has 0 saturated heterocycles. The summed E-state index contributed by atoms with van der Waals surface area (Å²) in [5, 5.41) is 3.34. The minimum atomic E-state index is -2.28. The van der Waals surface area contributed by atoms with Crippen LogP contribution in [0.15, 0.2) is 34.9 Å². The summed E-state index contributed by atoms with van der Waals surface area (Å²) in [6, 6.07) is 7.22. The van der Waals surface area contributed by atoms with E-state index in [0.717, 1.165) is 11.0 Å². The second-order valence-electron chi connectivity index (χ2n) is 6.18. The number of carbonyl (C=O) groups excluding carboxylic acids is 2. The van der Waals surface area contributed by atoms with Gasteiger partial charge in [-0.2, -0.15) is 0 Å². The molecule has 0 saturated carbocycles. The zero-order chi connectivity index (χ0) is 20.9. The molecule has 0 bridgehead atoms. The van der Waals surface area contributed by atoms with Gasteiger partial charge in [-0.1, -0.05) is 17.3 Å². The number of benzene rings is 2. The lowest BCUT2D eigenvalue weighted by molar-refractivity contribution is 0.0653. The van der Waals surface area contributed by atoms with Crippen LogP contribution < -0.4 is 0 Å². The molecule has 0 N–H and O–H groups in total. The third-order valence-corrected chi connectivity index (χ3v) is 4.48. The number of nitrogens with zero attached hydrogens (tertiary/aromatic N) is 2. The van der Waals surface area contributed by atoms with Crippen LogP contribution >= 0.6 is 0 Å². The van der Waals surface area contributed by atoms with Crippen molar-refractivity contribution in [3.05, 3.63) is 76.3 Å². The number of imide groups is 1. The Kier molecular flexibility index (Phi) is 4.40. The van der Waals surface area contributed by atoms with Gasteiger partial charge in [-0.3, -0.25) is 14.5 Å². The molecule has 0 unspecified atom stereocenters. The molecule has 0 fully saturated rings. The predicted octanol–water partition coefficient (Wildman–Crippen LogP) is 3.88. The van der Waals surface area contributed by atoms with Crippen LogP contribution in [0.5, 0.6) is 0 Å². The summed E-state index contributed by atoms with van der Waals surface area (Å²) in [5.41, 5.74) is -1.33. The van der Waals surface area contributed by atoms with E-state index >= 15 is 0 Å². The summed E-state index contributed by atoms with van der Waals surface area (Å²) >= 11 is 0. The van der Waals surface area contributed by atoms with Gasteiger partial charge >= 0.3 is 0 Å². The third kappa shape index (κ3) is 2.87. The lowest BCUT2D eigenvalue weighted by Gasteiger charge is -2.12. The van der Waals surface area contributed by atoms with Crippen LogP contribution in [-0.4, -0.2) is 28.4 Å². The Morgan fingerprint density at radius 1 is 0.828 bits per heavy atom. The normalized spacial score (nSPS) is 13.3. The maximum atomic E-state index is 13.9. The van der Waals surface area contributed by atoms with Crippen LogP contribution in [0, 0.1) is 29.1 Å². The molecule has 0 aliphatic carbocycles. The highest BCUT2D eigenvalue weighted by molar-refractivity contribution is 6.21. The first kappa shape index (κ1) is 18.8. The molecule has 0 radical (unpaired) electrons. The van der Waals surface area contributed by atoms with Crippen molar-refractivity contribution in [3.8, 4) is 11.3 Å². The van der Waals surface area contributed by atoms with E-state index in [1.54, 1.807) is 12.1 Å². The molecule has 5 nitrogen and oxygen atoms in total. The first-order chi connectivity index (χ1) is 13.8. The summed E-state index contributed by atoms with van der Waals surface area (Å²) < 4.78 is 72.5. The summed E-state index contributed by atoms with van der Waals surface area (Å²) in [6.07, 6.45) is -0.0755. The molecule has 148 valence electrons. The standard InChI is InChI=1S/C19H9F5N2O3/c20-13-12(14(21)16(23)17(24)15(13)22)11-7-8(29-25-11)5-6-26-18(27)9-3-1-2-4-10(9)19(26)28/h1-4,7H,5-6H2. The minimum Gasteiger partial charge on any atom is -0.361 e. The molecular weight excluding hydrogens is 399 g/mol. The van der Waals surface area contributed by atoms with Crippen LogP contribution in [-0.2, 0) is 6.42 Å². The highest BCUT2D eigenvalue weighted by Crippen LogP contribution is 2.31. The molecule has 0 atom stereocenters. The monoisotopic (exact) mass is 408 g/mol. The maximum Gasteiger partial charge on any atom is 0.261 e. The Hall–Kier alpha value is -3.56. The molecule has 2 aromatic carbocycles. The number of hydrogen-bond acceptors (Lipinski definition) is 4. The molecule has 2 amide bonds. The van der Waals surface area contributed by atoms with E-state index in [1.165, 1.54) is 12.1 Å². The summed E-state index contributed by atoms with van der Waals surface area (Å²) in [4.78, 5) is 25.5. The fourth-order valence-corrected chi connectivity index (χ4v) is 3.04. The van der Waals surface area contributed by atoms with Crippen molar-refractivity contribution in [2.45, 2.75) is 6.42 Å². The Balaban J connectivity index is 1.57. The first-order valence-corrected chi connectivity index (χ1v) is 8.24. The van der Waals surface area contributed by atoms with Crippen molar-refractivity contribution in [1.82, 2.24) is 10.1 Å². The van der Waals surface area contributed by atoms with E-state index in [9.17, 15) is 31.5 Å². The molecule has 0 spiro atoms. The van der Waals surface area contributed by atoms with Gasteiger partial charge in [0.05, 0.1) is 16.7 Å². The van der Waals surface area contributed by atoms with Crippen molar-refractivity contribution >= 4 is 11.8 Å². The van der Waals surface area contributed by atoms with Crippen molar-refractivity contribution in [2.75, 3.05) is 6.54 Å². The van der Waals surface area contributed by atoms with E-state index in [-0.39, 0.29) is 29.9 Å². The number of hydrogen-bond donors (Lipinski definition) is 0. The minimum absolute atomic E-state index is 0.0134.